The van der Waals surface area contributed by atoms with Gasteiger partial charge in [-0.05, 0) is 38.1 Å². The number of thioether (sulfide) groups is 1. The molecule has 0 saturated heterocycles. The summed E-state index contributed by atoms with van der Waals surface area (Å²) in [5.74, 6) is 0.964. The number of para-hydroxylation sites is 1. The van der Waals surface area contributed by atoms with Crippen LogP contribution in [0.3, 0.4) is 0 Å². The number of aryl methyl sites for hydroxylation is 1. The van der Waals surface area contributed by atoms with Crippen LogP contribution in [0.15, 0.2) is 53.4 Å². The van der Waals surface area contributed by atoms with Crippen molar-refractivity contribution in [1.29, 1.82) is 0 Å². The van der Waals surface area contributed by atoms with E-state index in [1.54, 1.807) is 23.1 Å². The van der Waals surface area contributed by atoms with E-state index in [2.05, 4.69) is 56.5 Å². The molecule has 6 heteroatoms. The fraction of sp³-hybridized carbons (Fsp3) is 0.333. The van der Waals surface area contributed by atoms with Gasteiger partial charge in [-0.1, -0.05) is 29.8 Å². The summed E-state index contributed by atoms with van der Waals surface area (Å²) in [5.41, 5.74) is 2.30. The van der Waals surface area contributed by atoms with Crippen LogP contribution in [0.5, 0.6) is 0 Å². The summed E-state index contributed by atoms with van der Waals surface area (Å²) >= 11 is 3.48. The maximum absolute atomic E-state index is 12.3. The minimum absolute atomic E-state index is 0.0879. The number of rotatable bonds is 8. The molecular formula is C21H26N3OS2+. The molecule has 0 aliphatic carbocycles. The molecule has 0 radical (unpaired) electrons. The van der Waals surface area contributed by atoms with Gasteiger partial charge in [0.15, 0.2) is 11.6 Å². The van der Waals surface area contributed by atoms with E-state index in [0.717, 1.165) is 21.2 Å². The van der Waals surface area contributed by atoms with Crippen LogP contribution in [0.4, 0.5) is 0 Å². The highest BCUT2D eigenvalue weighted by molar-refractivity contribution is 7.99. The van der Waals surface area contributed by atoms with E-state index in [1.165, 1.54) is 15.2 Å². The summed E-state index contributed by atoms with van der Waals surface area (Å²) in [6, 6.07) is 16.8. The first-order chi connectivity index (χ1) is 13.0. The molecule has 1 amide bonds. The van der Waals surface area contributed by atoms with Gasteiger partial charge >= 0.3 is 0 Å². The maximum atomic E-state index is 12.3. The van der Waals surface area contributed by atoms with E-state index in [9.17, 15) is 4.79 Å². The molecule has 0 aliphatic heterocycles. The predicted octanol–water partition coefficient (Wildman–Crippen LogP) is 3.09. The van der Waals surface area contributed by atoms with Gasteiger partial charge in [-0.15, -0.1) is 23.1 Å². The van der Waals surface area contributed by atoms with Gasteiger partial charge in [-0.3, -0.25) is 4.79 Å². The molecule has 1 heterocycles. The van der Waals surface area contributed by atoms with Crippen molar-refractivity contribution in [2.75, 3.05) is 25.9 Å². The van der Waals surface area contributed by atoms with Crippen LogP contribution in [-0.4, -0.2) is 36.8 Å². The van der Waals surface area contributed by atoms with Gasteiger partial charge in [-0.2, -0.15) is 0 Å². The number of hydrogen-bond acceptors (Lipinski definition) is 4. The number of carbonyl (C=O) groups is 1. The van der Waals surface area contributed by atoms with Crippen molar-refractivity contribution in [3.05, 3.63) is 59.1 Å². The Morgan fingerprint density at radius 1 is 1.22 bits per heavy atom. The standard InChI is InChI=1S/C21H25N3OS2/c1-15-8-10-17(11-9-15)26-13-12-22-20(25)14-24(3)16(2)21-23-18-6-4-5-7-19(18)27-21/h4-11,16H,12-14H2,1-3H3,(H,22,25)/p+1/t16-/m0/s1. The van der Waals surface area contributed by atoms with Crippen LogP contribution in [0.2, 0.25) is 0 Å². The first kappa shape index (κ1) is 19.9. The number of carbonyl (C=O) groups excluding carboxylic acids is 1. The van der Waals surface area contributed by atoms with Crippen LogP contribution >= 0.6 is 23.1 Å². The Balaban J connectivity index is 1.43. The van der Waals surface area contributed by atoms with Crippen LogP contribution in [0.1, 0.15) is 23.5 Å². The van der Waals surface area contributed by atoms with Gasteiger partial charge < -0.3 is 10.2 Å². The molecule has 4 nitrogen and oxygen atoms in total. The zero-order valence-electron chi connectivity index (χ0n) is 16.0. The highest BCUT2D eigenvalue weighted by atomic mass is 32.2. The lowest BCUT2D eigenvalue weighted by molar-refractivity contribution is -0.902. The number of thiazole rings is 1. The van der Waals surface area contributed by atoms with Crippen molar-refractivity contribution in [2.24, 2.45) is 0 Å². The highest BCUT2D eigenvalue weighted by Gasteiger charge is 2.21. The number of aromatic nitrogens is 1. The van der Waals surface area contributed by atoms with Crippen LogP contribution in [0.25, 0.3) is 10.2 Å². The van der Waals surface area contributed by atoms with Crippen molar-refractivity contribution in [2.45, 2.75) is 24.8 Å². The predicted molar refractivity (Wildman–Crippen MR) is 115 cm³/mol. The summed E-state index contributed by atoms with van der Waals surface area (Å²) in [7, 11) is 2.05. The molecule has 2 aromatic carbocycles. The highest BCUT2D eigenvalue weighted by Crippen LogP contribution is 2.24. The van der Waals surface area contributed by atoms with E-state index in [0.29, 0.717) is 13.1 Å². The van der Waals surface area contributed by atoms with Gasteiger partial charge in [-0.25, -0.2) is 4.98 Å². The number of benzene rings is 2. The average Bonchev–Trinajstić information content (AvgIpc) is 3.10. The Morgan fingerprint density at radius 2 is 1.96 bits per heavy atom. The summed E-state index contributed by atoms with van der Waals surface area (Å²) in [6.07, 6.45) is 0. The molecule has 27 heavy (non-hydrogen) atoms. The molecule has 142 valence electrons. The number of quaternary nitrogens is 1. The van der Waals surface area contributed by atoms with Gasteiger partial charge in [0.2, 0.25) is 0 Å². The van der Waals surface area contributed by atoms with Crippen molar-refractivity contribution < 1.29 is 9.69 Å². The normalized spacial score (nSPS) is 13.4. The fourth-order valence-electron chi connectivity index (χ4n) is 2.75. The molecular weight excluding hydrogens is 374 g/mol. The molecule has 0 spiro atoms. The molecule has 2 N–H and O–H groups in total. The quantitative estimate of drug-likeness (QED) is 0.451. The maximum Gasteiger partial charge on any atom is 0.275 e. The Morgan fingerprint density at radius 3 is 2.70 bits per heavy atom. The van der Waals surface area contributed by atoms with Crippen LogP contribution < -0.4 is 10.2 Å². The monoisotopic (exact) mass is 400 g/mol. The minimum Gasteiger partial charge on any atom is -0.350 e. The smallest absolute Gasteiger partial charge is 0.275 e. The zero-order valence-corrected chi connectivity index (χ0v) is 17.6. The Hall–Kier alpha value is -1.89. The van der Waals surface area contributed by atoms with Crippen molar-refractivity contribution in [3.8, 4) is 0 Å². The number of likely N-dealkylation sites (N-methyl/N-ethyl adjacent to an activating group) is 1. The molecule has 1 aromatic heterocycles. The summed E-state index contributed by atoms with van der Waals surface area (Å²) in [6.45, 7) is 5.35. The fourth-order valence-corrected chi connectivity index (χ4v) is 4.63. The third kappa shape index (κ3) is 5.54. The number of nitrogens with zero attached hydrogens (tertiary/aromatic N) is 1. The van der Waals surface area contributed by atoms with Crippen LogP contribution in [-0.2, 0) is 4.79 Å². The first-order valence-electron chi connectivity index (χ1n) is 9.17. The van der Waals surface area contributed by atoms with Gasteiger partial charge in [0.25, 0.3) is 5.91 Å². The molecule has 3 aromatic rings. The topological polar surface area (TPSA) is 46.4 Å². The van der Waals surface area contributed by atoms with Gasteiger partial charge in [0.1, 0.15) is 6.04 Å². The van der Waals surface area contributed by atoms with Crippen LogP contribution in [0, 0.1) is 6.92 Å². The second-order valence-corrected chi connectivity index (χ2v) is 9.01. The lowest BCUT2D eigenvalue weighted by atomic mass is 10.2. The molecule has 0 fully saturated rings. The van der Waals surface area contributed by atoms with E-state index in [4.69, 9.17) is 4.98 Å². The minimum atomic E-state index is 0.0879. The third-order valence-corrected chi connectivity index (χ3v) is 6.81. The summed E-state index contributed by atoms with van der Waals surface area (Å²) in [4.78, 5) is 19.4. The second kappa shape index (κ2) is 9.35. The largest absolute Gasteiger partial charge is 0.350 e. The molecule has 3 rings (SSSR count). The first-order valence-corrected chi connectivity index (χ1v) is 11.0. The van der Waals surface area contributed by atoms with Crippen molar-refractivity contribution in [3.63, 3.8) is 0 Å². The zero-order chi connectivity index (χ0) is 19.2. The molecule has 0 saturated carbocycles. The summed E-state index contributed by atoms with van der Waals surface area (Å²) < 4.78 is 1.20. The van der Waals surface area contributed by atoms with Gasteiger partial charge in [0.05, 0.1) is 17.3 Å². The number of hydrogen-bond donors (Lipinski definition) is 2. The van der Waals surface area contributed by atoms with Crippen molar-refractivity contribution in [1.82, 2.24) is 10.3 Å². The molecule has 0 bridgehead atoms. The lowest BCUT2D eigenvalue weighted by Gasteiger charge is -2.19. The van der Waals surface area contributed by atoms with E-state index >= 15 is 0 Å². The van der Waals surface area contributed by atoms with Crippen molar-refractivity contribution >= 4 is 39.2 Å². The van der Waals surface area contributed by atoms with Gasteiger partial charge in [0, 0.05) is 17.2 Å². The third-order valence-electron chi connectivity index (χ3n) is 4.57. The number of fused-ring (bicyclic) bond motifs is 1. The Kier molecular flexibility index (Phi) is 6.88. The lowest BCUT2D eigenvalue weighted by Crippen LogP contribution is -3.10. The second-order valence-electron chi connectivity index (χ2n) is 6.78. The van der Waals surface area contributed by atoms with E-state index < -0.39 is 0 Å². The average molecular weight is 401 g/mol. The number of amides is 1. The van der Waals surface area contributed by atoms with E-state index in [1.807, 2.05) is 18.2 Å². The number of nitrogens with one attached hydrogen (secondary N) is 2. The molecule has 2 atom stereocenters. The summed E-state index contributed by atoms with van der Waals surface area (Å²) in [5, 5.41) is 4.11. The Bertz CT molecular complexity index is 859. The molecule has 0 aliphatic rings. The molecule has 1 unspecified atom stereocenters. The van der Waals surface area contributed by atoms with E-state index in [-0.39, 0.29) is 11.9 Å². The SMILES string of the molecule is Cc1ccc(SCCNC(=O)C[NH+](C)[C@@H](C)c2nc3ccccc3s2)cc1. The Labute approximate surface area is 169 Å².